The molecule has 0 aromatic heterocycles. The van der Waals surface area contributed by atoms with Gasteiger partial charge in [0.2, 0.25) is 10.0 Å². The lowest BCUT2D eigenvalue weighted by Gasteiger charge is -2.08. The van der Waals surface area contributed by atoms with Crippen LogP contribution < -0.4 is 4.72 Å². The molecular weight excluding hydrogens is 326 g/mol. The van der Waals surface area contributed by atoms with E-state index in [-0.39, 0.29) is 11.4 Å². The molecule has 0 atom stereocenters. The van der Waals surface area contributed by atoms with Gasteiger partial charge in [-0.15, -0.1) is 0 Å². The summed E-state index contributed by atoms with van der Waals surface area (Å²) in [6, 6.07) is 14.4. The van der Waals surface area contributed by atoms with Crippen LogP contribution in [-0.2, 0) is 16.6 Å². The molecule has 0 amide bonds. The molecule has 19 heavy (non-hydrogen) atoms. The molecule has 0 saturated heterocycles. The lowest BCUT2D eigenvalue weighted by Crippen LogP contribution is -2.23. The summed E-state index contributed by atoms with van der Waals surface area (Å²) in [5.41, 5.74) is 1.82. The maximum absolute atomic E-state index is 12.1. The van der Waals surface area contributed by atoms with Gasteiger partial charge in [0.05, 0.1) is 4.90 Å². The van der Waals surface area contributed by atoms with Gasteiger partial charge in [0.1, 0.15) is 0 Å². The van der Waals surface area contributed by atoms with E-state index in [2.05, 4.69) is 20.7 Å². The summed E-state index contributed by atoms with van der Waals surface area (Å²) in [6.45, 7) is 2.15. The first-order valence-electron chi connectivity index (χ1n) is 5.79. The first-order chi connectivity index (χ1) is 8.99. The largest absolute Gasteiger partial charge is 0.240 e. The third-order valence-electron chi connectivity index (χ3n) is 2.75. The van der Waals surface area contributed by atoms with Gasteiger partial charge in [-0.25, -0.2) is 13.1 Å². The van der Waals surface area contributed by atoms with Gasteiger partial charge in [-0.1, -0.05) is 46.3 Å². The Morgan fingerprint density at radius 3 is 2.42 bits per heavy atom. The van der Waals surface area contributed by atoms with E-state index >= 15 is 0 Å². The van der Waals surface area contributed by atoms with Gasteiger partial charge in [-0.3, -0.25) is 0 Å². The Kier molecular flexibility index (Phi) is 4.39. The number of hydrogen-bond acceptors (Lipinski definition) is 2. The van der Waals surface area contributed by atoms with Crippen LogP contribution in [0.3, 0.4) is 0 Å². The maximum Gasteiger partial charge on any atom is 0.240 e. The lowest BCUT2D eigenvalue weighted by atomic mass is 10.2. The van der Waals surface area contributed by atoms with Gasteiger partial charge in [0.15, 0.2) is 0 Å². The van der Waals surface area contributed by atoms with Crippen molar-refractivity contribution in [1.82, 2.24) is 4.72 Å². The predicted octanol–water partition coefficient (Wildman–Crippen LogP) is 3.24. The van der Waals surface area contributed by atoms with Crippen LogP contribution in [0.2, 0.25) is 0 Å². The van der Waals surface area contributed by atoms with E-state index in [0.717, 1.165) is 15.6 Å². The minimum Gasteiger partial charge on any atom is -0.207 e. The van der Waals surface area contributed by atoms with Gasteiger partial charge in [-0.05, 0) is 36.2 Å². The van der Waals surface area contributed by atoms with Crippen LogP contribution in [0.25, 0.3) is 0 Å². The predicted molar refractivity (Wildman–Crippen MR) is 79.3 cm³/mol. The molecule has 0 heterocycles. The van der Waals surface area contributed by atoms with Crippen molar-refractivity contribution in [2.24, 2.45) is 0 Å². The Morgan fingerprint density at radius 1 is 1.11 bits per heavy atom. The van der Waals surface area contributed by atoms with Gasteiger partial charge in [-0.2, -0.15) is 0 Å². The minimum absolute atomic E-state index is 0.282. The second-order valence-corrected chi connectivity index (χ2v) is 6.84. The summed E-state index contributed by atoms with van der Waals surface area (Å²) in [6.07, 6.45) is 0. The molecule has 0 bridgehead atoms. The highest BCUT2D eigenvalue weighted by Crippen LogP contribution is 2.20. The zero-order valence-electron chi connectivity index (χ0n) is 10.4. The van der Waals surface area contributed by atoms with E-state index < -0.39 is 10.0 Å². The molecule has 0 spiro atoms. The van der Waals surface area contributed by atoms with Crippen molar-refractivity contribution >= 4 is 26.0 Å². The van der Waals surface area contributed by atoms with Crippen molar-refractivity contribution in [3.05, 3.63) is 64.1 Å². The molecule has 0 aliphatic carbocycles. The molecule has 0 saturated carbocycles. The molecule has 2 rings (SSSR count). The summed E-state index contributed by atoms with van der Waals surface area (Å²) < 4.78 is 27.8. The Labute approximate surface area is 121 Å². The molecule has 2 aromatic carbocycles. The molecular formula is C14H14BrNO2S. The topological polar surface area (TPSA) is 46.2 Å². The van der Waals surface area contributed by atoms with E-state index in [1.807, 2.05) is 37.3 Å². The van der Waals surface area contributed by atoms with Crippen LogP contribution in [0.15, 0.2) is 57.9 Å². The van der Waals surface area contributed by atoms with Crippen molar-refractivity contribution in [3.8, 4) is 0 Å². The third kappa shape index (κ3) is 3.65. The van der Waals surface area contributed by atoms with Crippen LogP contribution in [0.5, 0.6) is 0 Å². The molecule has 0 aliphatic rings. The maximum atomic E-state index is 12.1. The van der Waals surface area contributed by atoms with Crippen molar-refractivity contribution in [1.29, 1.82) is 0 Å². The number of aryl methyl sites for hydroxylation is 1. The summed E-state index contributed by atoms with van der Waals surface area (Å²) in [4.78, 5) is 0.282. The van der Waals surface area contributed by atoms with Crippen molar-refractivity contribution in [3.63, 3.8) is 0 Å². The van der Waals surface area contributed by atoms with E-state index in [9.17, 15) is 8.42 Å². The molecule has 1 N–H and O–H groups in total. The minimum atomic E-state index is -3.47. The summed E-state index contributed by atoms with van der Waals surface area (Å²) in [5.74, 6) is 0. The monoisotopic (exact) mass is 339 g/mol. The molecule has 0 radical (unpaired) electrons. The van der Waals surface area contributed by atoms with Crippen molar-refractivity contribution in [2.75, 3.05) is 0 Å². The number of hydrogen-bond donors (Lipinski definition) is 1. The number of sulfonamides is 1. The lowest BCUT2D eigenvalue weighted by molar-refractivity contribution is 0.581. The van der Waals surface area contributed by atoms with Crippen LogP contribution in [-0.4, -0.2) is 8.42 Å². The first-order valence-corrected chi connectivity index (χ1v) is 8.06. The molecule has 3 nitrogen and oxygen atoms in total. The summed E-state index contributed by atoms with van der Waals surface area (Å²) >= 11 is 3.36. The number of nitrogens with one attached hydrogen (secondary N) is 1. The highest BCUT2D eigenvalue weighted by atomic mass is 79.9. The van der Waals surface area contributed by atoms with Crippen LogP contribution >= 0.6 is 15.9 Å². The SMILES string of the molecule is Cc1cc(S(=O)(=O)NCc2ccccc2)ccc1Br. The quantitative estimate of drug-likeness (QED) is 0.929. The fourth-order valence-corrected chi connectivity index (χ4v) is 2.99. The van der Waals surface area contributed by atoms with E-state index in [1.165, 1.54) is 0 Å². The molecule has 2 aromatic rings. The number of benzene rings is 2. The summed E-state index contributed by atoms with van der Waals surface area (Å²) in [5, 5.41) is 0. The van der Waals surface area contributed by atoms with E-state index in [1.54, 1.807) is 18.2 Å². The van der Waals surface area contributed by atoms with Crippen LogP contribution in [0.4, 0.5) is 0 Å². The Bertz CT molecular complexity index is 669. The third-order valence-corrected chi connectivity index (χ3v) is 5.04. The molecule has 100 valence electrons. The van der Waals surface area contributed by atoms with Crippen LogP contribution in [0, 0.1) is 6.92 Å². The Balaban J connectivity index is 2.16. The molecule has 0 unspecified atom stereocenters. The smallest absolute Gasteiger partial charge is 0.207 e. The van der Waals surface area contributed by atoms with E-state index in [0.29, 0.717) is 0 Å². The highest BCUT2D eigenvalue weighted by Gasteiger charge is 2.14. The van der Waals surface area contributed by atoms with E-state index in [4.69, 9.17) is 0 Å². The van der Waals surface area contributed by atoms with Gasteiger partial charge in [0.25, 0.3) is 0 Å². The number of halogens is 1. The summed E-state index contributed by atoms with van der Waals surface area (Å²) in [7, 11) is -3.47. The van der Waals surface area contributed by atoms with Gasteiger partial charge >= 0.3 is 0 Å². The molecule has 0 fully saturated rings. The first kappa shape index (κ1) is 14.2. The van der Waals surface area contributed by atoms with Crippen LogP contribution in [0.1, 0.15) is 11.1 Å². The zero-order chi connectivity index (χ0) is 13.9. The second-order valence-electron chi connectivity index (χ2n) is 4.22. The van der Waals surface area contributed by atoms with Gasteiger partial charge < -0.3 is 0 Å². The second kappa shape index (κ2) is 5.86. The fraction of sp³-hybridized carbons (Fsp3) is 0.143. The molecule has 5 heteroatoms. The Morgan fingerprint density at radius 2 is 1.79 bits per heavy atom. The number of rotatable bonds is 4. The van der Waals surface area contributed by atoms with Gasteiger partial charge in [0, 0.05) is 11.0 Å². The van der Waals surface area contributed by atoms with Crippen molar-refractivity contribution < 1.29 is 8.42 Å². The standard InChI is InChI=1S/C14H14BrNO2S/c1-11-9-13(7-8-14(11)15)19(17,18)16-10-12-5-3-2-4-6-12/h2-9,16H,10H2,1H3. The van der Waals surface area contributed by atoms with Crippen molar-refractivity contribution in [2.45, 2.75) is 18.4 Å². The average molecular weight is 340 g/mol. The Hall–Kier alpha value is -1.17. The fourth-order valence-electron chi connectivity index (χ4n) is 1.64. The highest BCUT2D eigenvalue weighted by molar-refractivity contribution is 9.10. The zero-order valence-corrected chi connectivity index (χ0v) is 12.8. The average Bonchev–Trinajstić information content (AvgIpc) is 2.41. The normalized spacial score (nSPS) is 11.5. The molecule has 0 aliphatic heterocycles.